The number of carbonyl (C=O) groups excluding carboxylic acids is 1. The fourth-order valence-electron chi connectivity index (χ4n) is 3.38. The molecule has 1 saturated heterocycles. The van der Waals surface area contributed by atoms with Crippen molar-refractivity contribution in [3.8, 4) is 6.07 Å². The number of benzene rings is 2. The van der Waals surface area contributed by atoms with E-state index in [1.54, 1.807) is 9.80 Å². The number of amides is 1. The fraction of sp³-hybridized carbons (Fsp3) is 0.300. The minimum absolute atomic E-state index is 0.111. The highest BCUT2D eigenvalue weighted by atomic mass is 19.4. The number of nitro benzene ring substituents is 1. The monoisotopic (exact) mass is 433 g/mol. The molecule has 0 saturated carbocycles. The number of alkyl halides is 3. The van der Waals surface area contributed by atoms with E-state index in [-0.39, 0.29) is 17.9 Å². The van der Waals surface area contributed by atoms with E-state index in [1.165, 1.54) is 36.4 Å². The highest BCUT2D eigenvalue weighted by molar-refractivity contribution is 5.93. The lowest BCUT2D eigenvalue weighted by Crippen LogP contribution is -2.48. The van der Waals surface area contributed by atoms with Crippen molar-refractivity contribution in [3.63, 3.8) is 0 Å². The van der Waals surface area contributed by atoms with Crippen molar-refractivity contribution in [2.75, 3.05) is 42.9 Å². The number of hydrogen-bond acceptors (Lipinski definition) is 6. The van der Waals surface area contributed by atoms with E-state index in [0.29, 0.717) is 37.4 Å². The number of piperazine rings is 1. The fourth-order valence-corrected chi connectivity index (χ4v) is 3.38. The number of nitrogens with one attached hydrogen (secondary N) is 1. The topological polar surface area (TPSA) is 103 Å². The molecule has 1 fully saturated rings. The summed E-state index contributed by atoms with van der Waals surface area (Å²) >= 11 is 0. The molecular formula is C20H18F3N5O3. The van der Waals surface area contributed by atoms with Crippen LogP contribution in [0.2, 0.25) is 0 Å². The molecule has 1 amide bonds. The van der Waals surface area contributed by atoms with Gasteiger partial charge in [0.15, 0.2) is 0 Å². The molecule has 11 heteroatoms. The van der Waals surface area contributed by atoms with Crippen molar-refractivity contribution in [2.45, 2.75) is 6.18 Å². The minimum Gasteiger partial charge on any atom is -0.363 e. The third kappa shape index (κ3) is 5.29. The van der Waals surface area contributed by atoms with E-state index in [9.17, 15) is 28.1 Å². The van der Waals surface area contributed by atoms with Crippen LogP contribution in [0.5, 0.6) is 0 Å². The first-order valence-electron chi connectivity index (χ1n) is 9.31. The summed E-state index contributed by atoms with van der Waals surface area (Å²) in [5.41, 5.74) is -0.715. The zero-order valence-electron chi connectivity index (χ0n) is 16.2. The van der Waals surface area contributed by atoms with Gasteiger partial charge >= 0.3 is 6.18 Å². The van der Waals surface area contributed by atoms with E-state index >= 15 is 0 Å². The Morgan fingerprint density at radius 1 is 1.16 bits per heavy atom. The SMILES string of the molecule is N#Cc1ccc([N+](=O)[O-])c(N2CCN(CC(=O)Nc3ccccc3C(F)(F)F)CC2)c1. The Balaban J connectivity index is 1.62. The maximum Gasteiger partial charge on any atom is 0.418 e. The van der Waals surface area contributed by atoms with Gasteiger partial charge in [0.25, 0.3) is 5.69 Å². The molecule has 1 aliphatic rings. The predicted octanol–water partition coefficient (Wildman–Crippen LogP) is 3.25. The summed E-state index contributed by atoms with van der Waals surface area (Å²) in [6, 6.07) is 10.8. The molecule has 0 bridgehead atoms. The Bertz CT molecular complexity index is 1030. The summed E-state index contributed by atoms with van der Waals surface area (Å²) in [6.45, 7) is 1.37. The average Bonchev–Trinajstić information content (AvgIpc) is 2.73. The zero-order chi connectivity index (χ0) is 22.6. The molecule has 1 aliphatic heterocycles. The smallest absolute Gasteiger partial charge is 0.363 e. The number of hydrogen-bond donors (Lipinski definition) is 1. The van der Waals surface area contributed by atoms with Crippen LogP contribution in [-0.4, -0.2) is 48.5 Å². The second kappa shape index (κ2) is 9.01. The van der Waals surface area contributed by atoms with Crippen LogP contribution < -0.4 is 10.2 Å². The molecule has 3 rings (SSSR count). The third-order valence-electron chi connectivity index (χ3n) is 4.89. The molecule has 0 radical (unpaired) electrons. The normalized spacial score (nSPS) is 14.7. The van der Waals surface area contributed by atoms with Crippen LogP contribution >= 0.6 is 0 Å². The maximum atomic E-state index is 13.1. The highest BCUT2D eigenvalue weighted by Crippen LogP contribution is 2.34. The molecule has 0 aromatic heterocycles. The Morgan fingerprint density at radius 2 is 1.84 bits per heavy atom. The Hall–Kier alpha value is -3.65. The van der Waals surface area contributed by atoms with E-state index in [2.05, 4.69) is 5.32 Å². The van der Waals surface area contributed by atoms with Crippen LogP contribution in [0.15, 0.2) is 42.5 Å². The third-order valence-corrected chi connectivity index (χ3v) is 4.89. The van der Waals surface area contributed by atoms with Gasteiger partial charge in [-0.15, -0.1) is 0 Å². The van der Waals surface area contributed by atoms with Gasteiger partial charge in [-0.3, -0.25) is 19.8 Å². The lowest BCUT2D eigenvalue weighted by molar-refractivity contribution is -0.384. The number of rotatable bonds is 5. The molecular weight excluding hydrogens is 415 g/mol. The van der Waals surface area contributed by atoms with Gasteiger partial charge in [-0.05, 0) is 24.3 Å². The molecule has 0 atom stereocenters. The van der Waals surface area contributed by atoms with Crippen molar-refractivity contribution < 1.29 is 22.9 Å². The Labute approximate surface area is 175 Å². The molecule has 0 unspecified atom stereocenters. The van der Waals surface area contributed by atoms with Crippen LogP contribution in [0.4, 0.5) is 30.2 Å². The van der Waals surface area contributed by atoms with E-state index < -0.39 is 22.6 Å². The van der Waals surface area contributed by atoms with Crippen molar-refractivity contribution in [2.24, 2.45) is 0 Å². The predicted molar refractivity (Wildman–Crippen MR) is 107 cm³/mol. The lowest BCUT2D eigenvalue weighted by Gasteiger charge is -2.35. The molecule has 31 heavy (non-hydrogen) atoms. The van der Waals surface area contributed by atoms with Gasteiger partial charge in [0.1, 0.15) is 5.69 Å². The summed E-state index contributed by atoms with van der Waals surface area (Å²) < 4.78 is 39.2. The van der Waals surface area contributed by atoms with Crippen molar-refractivity contribution >= 4 is 23.0 Å². The first-order valence-corrected chi connectivity index (χ1v) is 9.31. The van der Waals surface area contributed by atoms with E-state index in [4.69, 9.17) is 5.26 Å². The Kier molecular flexibility index (Phi) is 6.41. The van der Waals surface area contributed by atoms with Crippen LogP contribution in [0.3, 0.4) is 0 Å². The van der Waals surface area contributed by atoms with Crippen LogP contribution in [0, 0.1) is 21.4 Å². The number of halogens is 3. The molecule has 2 aromatic carbocycles. The van der Waals surface area contributed by atoms with Gasteiger partial charge in [0.2, 0.25) is 5.91 Å². The average molecular weight is 433 g/mol. The van der Waals surface area contributed by atoms with Gasteiger partial charge in [0, 0.05) is 32.2 Å². The molecule has 8 nitrogen and oxygen atoms in total. The van der Waals surface area contributed by atoms with E-state index in [0.717, 1.165) is 6.07 Å². The second-order valence-electron chi connectivity index (χ2n) is 6.93. The number of para-hydroxylation sites is 1. The molecule has 1 heterocycles. The zero-order valence-corrected chi connectivity index (χ0v) is 16.2. The van der Waals surface area contributed by atoms with Crippen LogP contribution in [0.25, 0.3) is 0 Å². The van der Waals surface area contributed by atoms with Gasteiger partial charge in [-0.1, -0.05) is 12.1 Å². The molecule has 0 aliphatic carbocycles. The van der Waals surface area contributed by atoms with Gasteiger partial charge in [0.05, 0.1) is 34.4 Å². The van der Waals surface area contributed by atoms with Crippen LogP contribution in [-0.2, 0) is 11.0 Å². The molecule has 1 N–H and O–H groups in total. The van der Waals surface area contributed by atoms with E-state index in [1.807, 2.05) is 6.07 Å². The number of nitriles is 1. The Morgan fingerprint density at radius 3 is 2.45 bits per heavy atom. The number of nitrogens with zero attached hydrogens (tertiary/aromatic N) is 4. The largest absolute Gasteiger partial charge is 0.418 e. The number of nitro groups is 1. The van der Waals surface area contributed by atoms with Gasteiger partial charge < -0.3 is 10.2 Å². The highest BCUT2D eigenvalue weighted by Gasteiger charge is 2.33. The second-order valence-corrected chi connectivity index (χ2v) is 6.93. The minimum atomic E-state index is -4.58. The standard InChI is InChI=1S/C20H18F3N5O3/c21-20(22,23)15-3-1-2-4-16(15)25-19(29)13-26-7-9-27(10-8-26)18-11-14(12-24)5-6-17(18)28(30)31/h1-6,11H,7-10,13H2,(H,25,29). The van der Waals surface area contributed by atoms with Crippen molar-refractivity contribution in [1.29, 1.82) is 5.26 Å². The van der Waals surface area contributed by atoms with Crippen molar-refractivity contribution in [3.05, 3.63) is 63.7 Å². The van der Waals surface area contributed by atoms with Crippen LogP contribution in [0.1, 0.15) is 11.1 Å². The molecule has 2 aromatic rings. The number of carbonyl (C=O) groups is 1. The first kappa shape index (κ1) is 22.0. The summed E-state index contributed by atoms with van der Waals surface area (Å²) in [6.07, 6.45) is -4.58. The summed E-state index contributed by atoms with van der Waals surface area (Å²) in [5.74, 6) is -0.581. The summed E-state index contributed by atoms with van der Waals surface area (Å²) in [5, 5.41) is 22.7. The van der Waals surface area contributed by atoms with Crippen molar-refractivity contribution in [1.82, 2.24) is 4.90 Å². The maximum absolute atomic E-state index is 13.1. The summed E-state index contributed by atoms with van der Waals surface area (Å²) in [7, 11) is 0. The van der Waals surface area contributed by atoms with Gasteiger partial charge in [-0.25, -0.2) is 0 Å². The van der Waals surface area contributed by atoms with Gasteiger partial charge in [-0.2, -0.15) is 18.4 Å². The lowest BCUT2D eigenvalue weighted by atomic mass is 10.1. The quantitative estimate of drug-likeness (QED) is 0.574. The summed E-state index contributed by atoms with van der Waals surface area (Å²) in [4.78, 5) is 26.6. The molecule has 162 valence electrons. The number of anilines is 2. The first-order chi connectivity index (χ1) is 14.7. The molecule has 0 spiro atoms.